The molecule has 0 amide bonds. The predicted molar refractivity (Wildman–Crippen MR) is 83.2 cm³/mol. The number of aliphatic imine (C=N–C) groups is 1. The van der Waals surface area contributed by atoms with E-state index in [9.17, 15) is 0 Å². The van der Waals surface area contributed by atoms with Crippen molar-refractivity contribution < 1.29 is 4.74 Å². The lowest BCUT2D eigenvalue weighted by atomic mass is 10.5. The van der Waals surface area contributed by atoms with E-state index in [1.165, 1.54) is 6.33 Å². The second-order valence-electron chi connectivity index (χ2n) is 4.72. The third kappa shape index (κ3) is 7.05. The quantitative estimate of drug-likeness (QED) is 0.470. The Morgan fingerprint density at radius 2 is 2.24 bits per heavy atom. The van der Waals surface area contributed by atoms with E-state index in [0.717, 1.165) is 44.6 Å². The van der Waals surface area contributed by atoms with Crippen LogP contribution in [0.1, 0.15) is 12.7 Å². The number of nitrogens with one attached hydrogen (secondary N) is 2. The number of ether oxygens (including phenoxy) is 1. The molecule has 1 heterocycles. The summed E-state index contributed by atoms with van der Waals surface area (Å²) in [6.45, 7) is 6.80. The van der Waals surface area contributed by atoms with E-state index in [1.807, 2.05) is 14.0 Å². The number of guanidine groups is 1. The molecular weight excluding hydrogens is 270 g/mol. The fourth-order valence-electron chi connectivity index (χ4n) is 1.68. The summed E-state index contributed by atoms with van der Waals surface area (Å²) in [6.07, 6.45) is 1.54. The molecule has 0 spiro atoms. The Hall–Kier alpha value is -1.67. The van der Waals surface area contributed by atoms with Gasteiger partial charge in [0.05, 0.1) is 6.61 Å². The molecule has 0 atom stereocenters. The number of methoxy groups -OCH3 is 1. The van der Waals surface area contributed by atoms with Crippen molar-refractivity contribution in [2.75, 3.05) is 46.9 Å². The van der Waals surface area contributed by atoms with Crippen LogP contribution in [0.2, 0.25) is 0 Å². The Bertz CT molecular complexity index is 418. The fraction of sp³-hybridized carbons (Fsp3) is 0.769. The van der Waals surface area contributed by atoms with Crippen molar-refractivity contribution >= 4 is 5.96 Å². The zero-order chi connectivity index (χ0) is 15.5. The first kappa shape index (κ1) is 17.4. The number of aromatic nitrogens is 3. The highest BCUT2D eigenvalue weighted by Crippen LogP contribution is 1.93. The van der Waals surface area contributed by atoms with Crippen LogP contribution >= 0.6 is 0 Å². The summed E-state index contributed by atoms with van der Waals surface area (Å²) in [5, 5.41) is 10.6. The maximum atomic E-state index is 5.06. The molecular formula is C13H27N7O. The Labute approximate surface area is 126 Å². The molecule has 0 aliphatic carbocycles. The van der Waals surface area contributed by atoms with Crippen molar-refractivity contribution in [2.24, 2.45) is 12.0 Å². The van der Waals surface area contributed by atoms with Crippen molar-refractivity contribution in [3.8, 4) is 0 Å². The van der Waals surface area contributed by atoms with Gasteiger partial charge in [0.1, 0.15) is 18.7 Å². The molecule has 21 heavy (non-hydrogen) atoms. The molecule has 0 fully saturated rings. The summed E-state index contributed by atoms with van der Waals surface area (Å²) in [4.78, 5) is 10.9. The highest BCUT2D eigenvalue weighted by atomic mass is 16.5. The number of hydrogen-bond acceptors (Lipinski definition) is 5. The van der Waals surface area contributed by atoms with E-state index in [4.69, 9.17) is 4.74 Å². The highest BCUT2D eigenvalue weighted by molar-refractivity contribution is 5.79. The van der Waals surface area contributed by atoms with Gasteiger partial charge in [-0.05, 0) is 14.0 Å². The fourth-order valence-corrected chi connectivity index (χ4v) is 1.68. The monoisotopic (exact) mass is 297 g/mol. The molecule has 8 nitrogen and oxygen atoms in total. The molecule has 0 saturated heterocycles. The van der Waals surface area contributed by atoms with Gasteiger partial charge in [-0.2, -0.15) is 5.10 Å². The second kappa shape index (κ2) is 10.1. The number of aryl methyl sites for hydroxylation is 1. The molecule has 0 aliphatic rings. The van der Waals surface area contributed by atoms with Gasteiger partial charge in [-0.3, -0.25) is 4.68 Å². The number of nitrogens with zero attached hydrogens (tertiary/aromatic N) is 5. The topological polar surface area (TPSA) is 79.6 Å². The van der Waals surface area contributed by atoms with Crippen LogP contribution in [-0.2, 0) is 18.3 Å². The maximum Gasteiger partial charge on any atom is 0.191 e. The van der Waals surface area contributed by atoms with E-state index in [2.05, 4.69) is 37.7 Å². The van der Waals surface area contributed by atoms with Gasteiger partial charge in [0, 0.05) is 40.3 Å². The van der Waals surface area contributed by atoms with Gasteiger partial charge in [0.25, 0.3) is 0 Å². The molecule has 0 aromatic carbocycles. The summed E-state index contributed by atoms with van der Waals surface area (Å²) in [7, 11) is 5.65. The minimum Gasteiger partial charge on any atom is -0.383 e. The summed E-state index contributed by atoms with van der Waals surface area (Å²) in [5.74, 6) is 1.63. The van der Waals surface area contributed by atoms with E-state index in [-0.39, 0.29) is 0 Å². The molecule has 0 radical (unpaired) electrons. The average molecular weight is 297 g/mol. The maximum absolute atomic E-state index is 5.06. The van der Waals surface area contributed by atoms with Gasteiger partial charge in [-0.1, -0.05) is 0 Å². The Kier molecular flexibility index (Phi) is 8.37. The standard InChI is InChI=1S/C13H27N7O/c1-5-14-13(15-6-7-19(2)8-9-21-4)16-10-12-17-11-18-20(12)3/h11H,5-10H2,1-4H3,(H2,14,15,16). The number of hydrogen-bond donors (Lipinski definition) is 2. The minimum absolute atomic E-state index is 0.505. The average Bonchev–Trinajstić information content (AvgIpc) is 2.88. The van der Waals surface area contributed by atoms with Gasteiger partial charge in [0.2, 0.25) is 0 Å². The van der Waals surface area contributed by atoms with Gasteiger partial charge in [-0.15, -0.1) is 0 Å². The first-order valence-corrected chi connectivity index (χ1v) is 7.20. The molecule has 1 rings (SSSR count). The SMILES string of the molecule is CCNC(=NCc1ncnn1C)NCCN(C)CCOC. The van der Waals surface area contributed by atoms with E-state index in [1.54, 1.807) is 11.8 Å². The molecule has 8 heteroatoms. The van der Waals surface area contributed by atoms with Crippen molar-refractivity contribution in [1.29, 1.82) is 0 Å². The van der Waals surface area contributed by atoms with Crippen molar-refractivity contribution in [1.82, 2.24) is 30.3 Å². The number of rotatable bonds is 9. The highest BCUT2D eigenvalue weighted by Gasteiger charge is 2.02. The Balaban J connectivity index is 2.37. The first-order valence-electron chi connectivity index (χ1n) is 7.20. The molecule has 120 valence electrons. The lowest BCUT2D eigenvalue weighted by molar-refractivity contribution is 0.162. The van der Waals surface area contributed by atoms with E-state index >= 15 is 0 Å². The van der Waals surface area contributed by atoms with Crippen molar-refractivity contribution in [3.63, 3.8) is 0 Å². The molecule has 0 bridgehead atoms. The van der Waals surface area contributed by atoms with E-state index < -0.39 is 0 Å². The van der Waals surface area contributed by atoms with E-state index in [0.29, 0.717) is 6.54 Å². The smallest absolute Gasteiger partial charge is 0.191 e. The summed E-state index contributed by atoms with van der Waals surface area (Å²) in [5.41, 5.74) is 0. The first-order chi connectivity index (χ1) is 10.2. The largest absolute Gasteiger partial charge is 0.383 e. The lowest BCUT2D eigenvalue weighted by Crippen LogP contribution is -2.41. The third-order valence-corrected chi connectivity index (χ3v) is 2.99. The normalized spacial score (nSPS) is 12.0. The van der Waals surface area contributed by atoms with Crippen LogP contribution in [0.4, 0.5) is 0 Å². The zero-order valence-corrected chi connectivity index (χ0v) is 13.5. The Morgan fingerprint density at radius 1 is 1.43 bits per heavy atom. The molecule has 0 aliphatic heterocycles. The third-order valence-electron chi connectivity index (χ3n) is 2.99. The Morgan fingerprint density at radius 3 is 2.86 bits per heavy atom. The number of likely N-dealkylation sites (N-methyl/N-ethyl adjacent to an activating group) is 1. The van der Waals surface area contributed by atoms with Crippen LogP contribution < -0.4 is 10.6 Å². The minimum atomic E-state index is 0.505. The summed E-state index contributed by atoms with van der Waals surface area (Å²) in [6, 6.07) is 0. The van der Waals surface area contributed by atoms with Crippen LogP contribution in [-0.4, -0.2) is 72.6 Å². The van der Waals surface area contributed by atoms with Crippen molar-refractivity contribution in [3.05, 3.63) is 12.2 Å². The molecule has 0 saturated carbocycles. The molecule has 1 aromatic heterocycles. The lowest BCUT2D eigenvalue weighted by Gasteiger charge is -2.17. The van der Waals surface area contributed by atoms with Crippen LogP contribution in [0.5, 0.6) is 0 Å². The molecule has 0 unspecified atom stereocenters. The molecule has 2 N–H and O–H groups in total. The molecule has 1 aromatic rings. The van der Waals surface area contributed by atoms with Crippen LogP contribution in [0.25, 0.3) is 0 Å². The van der Waals surface area contributed by atoms with Gasteiger partial charge in [0.15, 0.2) is 5.96 Å². The van der Waals surface area contributed by atoms with Crippen LogP contribution in [0.15, 0.2) is 11.3 Å². The summed E-state index contributed by atoms with van der Waals surface area (Å²) < 4.78 is 6.78. The van der Waals surface area contributed by atoms with Crippen LogP contribution in [0.3, 0.4) is 0 Å². The van der Waals surface area contributed by atoms with Crippen molar-refractivity contribution in [2.45, 2.75) is 13.5 Å². The summed E-state index contributed by atoms with van der Waals surface area (Å²) >= 11 is 0. The van der Waals surface area contributed by atoms with Gasteiger partial charge in [-0.25, -0.2) is 9.98 Å². The van der Waals surface area contributed by atoms with Gasteiger partial charge < -0.3 is 20.3 Å². The second-order valence-corrected chi connectivity index (χ2v) is 4.72. The predicted octanol–water partition coefficient (Wildman–Crippen LogP) is -0.552. The zero-order valence-electron chi connectivity index (χ0n) is 13.5. The van der Waals surface area contributed by atoms with Gasteiger partial charge >= 0.3 is 0 Å². The van der Waals surface area contributed by atoms with Crippen LogP contribution in [0, 0.1) is 0 Å².